The largest absolute Gasteiger partial charge is 0.377 e. The van der Waals surface area contributed by atoms with Crippen LogP contribution in [0.25, 0.3) is 0 Å². The molecule has 1 fully saturated rings. The summed E-state index contributed by atoms with van der Waals surface area (Å²) in [7, 11) is 0. The lowest BCUT2D eigenvalue weighted by atomic mass is 10.1. The molecule has 0 saturated carbocycles. The van der Waals surface area contributed by atoms with Crippen molar-refractivity contribution in [3.63, 3.8) is 0 Å². The van der Waals surface area contributed by atoms with E-state index in [0.717, 1.165) is 6.61 Å². The third-order valence-corrected chi connectivity index (χ3v) is 2.67. The molecule has 1 aromatic carbocycles. The zero-order chi connectivity index (χ0) is 13.7. The molecule has 6 heteroatoms. The van der Waals surface area contributed by atoms with Crippen molar-refractivity contribution in [3.8, 4) is 0 Å². The van der Waals surface area contributed by atoms with Crippen LogP contribution in [0.1, 0.15) is 20.7 Å². The van der Waals surface area contributed by atoms with Gasteiger partial charge in [-0.25, -0.2) is 0 Å². The van der Waals surface area contributed by atoms with Gasteiger partial charge < -0.3 is 20.5 Å². The number of amides is 2. The number of carbonyl (C=O) groups is 2. The monoisotopic (exact) mass is 264 g/mol. The fraction of sp³-hybridized carbons (Fsp3) is 0.385. The van der Waals surface area contributed by atoms with Crippen molar-refractivity contribution >= 4 is 11.8 Å². The maximum absolute atomic E-state index is 11.7. The molecule has 0 aromatic heterocycles. The van der Waals surface area contributed by atoms with Gasteiger partial charge in [0.2, 0.25) is 5.91 Å². The van der Waals surface area contributed by atoms with E-state index in [4.69, 9.17) is 15.2 Å². The van der Waals surface area contributed by atoms with Crippen LogP contribution in [0.2, 0.25) is 0 Å². The minimum atomic E-state index is -0.511. The third kappa shape index (κ3) is 4.35. The molecular weight excluding hydrogens is 248 g/mol. The topological polar surface area (TPSA) is 94.0 Å². The second kappa shape index (κ2) is 6.31. The van der Waals surface area contributed by atoms with E-state index in [0.29, 0.717) is 30.9 Å². The Labute approximate surface area is 110 Å². The number of hydrogen-bond donors (Lipinski definition) is 2. The summed E-state index contributed by atoms with van der Waals surface area (Å²) >= 11 is 0. The van der Waals surface area contributed by atoms with Crippen LogP contribution < -0.4 is 11.1 Å². The Bertz CT molecular complexity index is 454. The maximum atomic E-state index is 11.7. The lowest BCUT2D eigenvalue weighted by Gasteiger charge is -2.06. The fourth-order valence-corrected chi connectivity index (χ4v) is 1.50. The summed E-state index contributed by atoms with van der Waals surface area (Å²) < 4.78 is 10.3. The van der Waals surface area contributed by atoms with E-state index in [9.17, 15) is 9.59 Å². The third-order valence-electron chi connectivity index (χ3n) is 2.67. The lowest BCUT2D eigenvalue weighted by Crippen LogP contribution is -2.27. The Morgan fingerprint density at radius 3 is 2.53 bits per heavy atom. The Morgan fingerprint density at radius 2 is 1.95 bits per heavy atom. The molecule has 0 spiro atoms. The van der Waals surface area contributed by atoms with Crippen molar-refractivity contribution < 1.29 is 19.1 Å². The smallest absolute Gasteiger partial charge is 0.251 e. The summed E-state index contributed by atoms with van der Waals surface area (Å²) in [5.41, 5.74) is 5.98. The molecule has 2 rings (SSSR count). The number of nitrogens with two attached hydrogens (primary N) is 1. The van der Waals surface area contributed by atoms with Crippen LogP contribution in [0, 0.1) is 0 Å². The Hall–Kier alpha value is -1.92. The van der Waals surface area contributed by atoms with Crippen molar-refractivity contribution in [3.05, 3.63) is 35.4 Å². The minimum absolute atomic E-state index is 0.206. The van der Waals surface area contributed by atoms with Gasteiger partial charge in [0.1, 0.15) is 6.10 Å². The molecular formula is C13H16N2O4. The van der Waals surface area contributed by atoms with E-state index in [-0.39, 0.29) is 12.0 Å². The number of benzene rings is 1. The van der Waals surface area contributed by atoms with Gasteiger partial charge in [-0.15, -0.1) is 0 Å². The Balaban J connectivity index is 1.70. The number of hydrogen-bond acceptors (Lipinski definition) is 4. The van der Waals surface area contributed by atoms with E-state index >= 15 is 0 Å². The van der Waals surface area contributed by atoms with Crippen LogP contribution in [-0.2, 0) is 9.47 Å². The average molecular weight is 264 g/mol. The molecule has 3 N–H and O–H groups in total. The Morgan fingerprint density at radius 1 is 1.32 bits per heavy atom. The minimum Gasteiger partial charge on any atom is -0.377 e. The first-order valence-electron chi connectivity index (χ1n) is 6.04. The van der Waals surface area contributed by atoms with Gasteiger partial charge in [-0.05, 0) is 24.3 Å². The van der Waals surface area contributed by atoms with Gasteiger partial charge in [0.25, 0.3) is 5.91 Å². The van der Waals surface area contributed by atoms with Gasteiger partial charge in [0.15, 0.2) is 0 Å². The first kappa shape index (κ1) is 13.5. The molecule has 1 atom stereocenters. The Kier molecular flexibility index (Phi) is 4.48. The van der Waals surface area contributed by atoms with Crippen molar-refractivity contribution in [2.45, 2.75) is 6.10 Å². The van der Waals surface area contributed by atoms with Gasteiger partial charge in [-0.1, -0.05) is 0 Å². The van der Waals surface area contributed by atoms with E-state index < -0.39 is 5.91 Å². The highest BCUT2D eigenvalue weighted by molar-refractivity contribution is 5.97. The van der Waals surface area contributed by atoms with Crippen LogP contribution >= 0.6 is 0 Å². The van der Waals surface area contributed by atoms with Crippen molar-refractivity contribution in [1.29, 1.82) is 0 Å². The van der Waals surface area contributed by atoms with E-state index in [2.05, 4.69) is 5.32 Å². The number of epoxide rings is 1. The summed E-state index contributed by atoms with van der Waals surface area (Å²) in [5.74, 6) is -0.718. The molecule has 102 valence electrons. The summed E-state index contributed by atoms with van der Waals surface area (Å²) in [5, 5.41) is 2.72. The highest BCUT2D eigenvalue weighted by atomic mass is 16.6. The first-order valence-corrected chi connectivity index (χ1v) is 6.04. The summed E-state index contributed by atoms with van der Waals surface area (Å²) in [6, 6.07) is 6.18. The first-order chi connectivity index (χ1) is 9.16. The van der Waals surface area contributed by atoms with Crippen molar-refractivity contribution in [2.75, 3.05) is 26.4 Å². The van der Waals surface area contributed by atoms with E-state index in [1.807, 2.05) is 0 Å². The second-order valence-electron chi connectivity index (χ2n) is 4.23. The van der Waals surface area contributed by atoms with Gasteiger partial charge in [-0.3, -0.25) is 9.59 Å². The van der Waals surface area contributed by atoms with Gasteiger partial charge in [0.05, 0.1) is 19.8 Å². The molecule has 2 amide bonds. The van der Waals surface area contributed by atoms with E-state index in [1.165, 1.54) is 12.1 Å². The molecule has 1 saturated heterocycles. The molecule has 6 nitrogen and oxygen atoms in total. The number of carbonyl (C=O) groups excluding carboxylic acids is 2. The highest BCUT2D eigenvalue weighted by Crippen LogP contribution is 2.08. The second-order valence-corrected chi connectivity index (χ2v) is 4.23. The fourth-order valence-electron chi connectivity index (χ4n) is 1.50. The molecule has 1 aromatic rings. The molecule has 1 unspecified atom stereocenters. The van der Waals surface area contributed by atoms with Crippen LogP contribution in [-0.4, -0.2) is 44.3 Å². The van der Waals surface area contributed by atoms with Gasteiger partial charge in [0, 0.05) is 17.7 Å². The van der Waals surface area contributed by atoms with Gasteiger partial charge in [-0.2, -0.15) is 0 Å². The number of rotatable bonds is 7. The van der Waals surface area contributed by atoms with Crippen molar-refractivity contribution in [1.82, 2.24) is 5.32 Å². The lowest BCUT2D eigenvalue weighted by molar-refractivity contribution is 0.0898. The summed E-state index contributed by atoms with van der Waals surface area (Å²) in [4.78, 5) is 22.6. The number of nitrogens with one attached hydrogen (secondary N) is 1. The molecule has 0 bridgehead atoms. The summed E-state index contributed by atoms with van der Waals surface area (Å²) in [6.07, 6.45) is 0.233. The van der Waals surface area contributed by atoms with Crippen LogP contribution in [0.3, 0.4) is 0 Å². The molecule has 0 aliphatic carbocycles. The molecule has 1 aliphatic rings. The predicted octanol–water partition coefficient (Wildman–Crippen LogP) is -0.0693. The highest BCUT2D eigenvalue weighted by Gasteiger charge is 2.21. The zero-order valence-corrected chi connectivity index (χ0v) is 10.4. The summed E-state index contributed by atoms with van der Waals surface area (Å²) in [6.45, 7) is 2.22. The normalized spacial score (nSPS) is 16.9. The SMILES string of the molecule is NC(=O)c1ccc(C(=O)NCCOCC2CO2)cc1. The zero-order valence-electron chi connectivity index (χ0n) is 10.4. The van der Waals surface area contributed by atoms with E-state index in [1.54, 1.807) is 12.1 Å². The predicted molar refractivity (Wildman–Crippen MR) is 67.9 cm³/mol. The van der Waals surface area contributed by atoms with Gasteiger partial charge >= 0.3 is 0 Å². The van der Waals surface area contributed by atoms with Crippen LogP contribution in [0.5, 0.6) is 0 Å². The molecule has 19 heavy (non-hydrogen) atoms. The van der Waals surface area contributed by atoms with Crippen LogP contribution in [0.15, 0.2) is 24.3 Å². The average Bonchev–Trinajstić information content (AvgIpc) is 3.22. The number of ether oxygens (including phenoxy) is 2. The molecule has 1 heterocycles. The number of primary amides is 1. The van der Waals surface area contributed by atoms with Crippen LogP contribution in [0.4, 0.5) is 0 Å². The molecule has 1 aliphatic heterocycles. The molecule has 0 radical (unpaired) electrons. The van der Waals surface area contributed by atoms with Crippen molar-refractivity contribution in [2.24, 2.45) is 5.73 Å². The quantitative estimate of drug-likeness (QED) is 0.532. The standard InChI is InChI=1S/C13H16N2O4/c14-12(16)9-1-3-10(4-2-9)13(17)15-5-6-18-7-11-8-19-11/h1-4,11H,5-8H2,(H2,14,16)(H,15,17). The maximum Gasteiger partial charge on any atom is 0.251 e.